The normalized spacial score (nSPS) is 16.7. The number of carbonyl (C=O) groups is 4. The fourth-order valence-corrected chi connectivity index (χ4v) is 6.79. The molecule has 2 aliphatic heterocycles. The molecule has 286 valence electrons. The van der Waals surface area contributed by atoms with Crippen molar-refractivity contribution in [2.24, 2.45) is 11.8 Å². The molecule has 0 saturated carbocycles. The summed E-state index contributed by atoms with van der Waals surface area (Å²) in [6.45, 7) is 13.1. The van der Waals surface area contributed by atoms with Gasteiger partial charge >= 0.3 is 12.1 Å². The van der Waals surface area contributed by atoms with Crippen LogP contribution in [0.3, 0.4) is 0 Å². The predicted octanol–water partition coefficient (Wildman–Crippen LogP) is 7.22. The van der Waals surface area contributed by atoms with E-state index >= 15 is 0 Å². The molecule has 2 aromatic heterocycles. The number of aromatic nitrogens is 2. The second kappa shape index (κ2) is 18.0. The molecule has 2 atom stereocenters. The fraction of sp³-hybridized carbons (Fsp3) is 0.341. The van der Waals surface area contributed by atoms with Crippen molar-refractivity contribution >= 4 is 62.6 Å². The van der Waals surface area contributed by atoms with Crippen LogP contribution in [0.15, 0.2) is 89.8 Å². The van der Waals surface area contributed by atoms with E-state index in [-0.39, 0.29) is 60.9 Å². The summed E-state index contributed by atoms with van der Waals surface area (Å²) < 4.78 is 0.715. The van der Waals surface area contributed by atoms with Crippen LogP contribution in [-0.4, -0.2) is 81.9 Å². The smallest absolute Gasteiger partial charge is 0.325 e. The molecule has 55 heavy (non-hydrogen) atoms. The monoisotopic (exact) mass is 807 g/mol. The Balaban J connectivity index is 0.000000211. The molecule has 2 aromatic carbocycles. The SMILES string of the molecule is Cc1cccc(NC(=O)CN2C(=O)N(c3ccc(Br)nc3)C[C@@H]2C(C)C)c1.Cc1cccc(NC(=O)CN2C(=O)N(c3ccc(C#N)nc3)C[C@@H]2C(C)C)c1. The Labute approximate surface area is 330 Å². The number of nitrogens with zero attached hydrogens (tertiary/aromatic N) is 7. The average Bonchev–Trinajstić information content (AvgIpc) is 3.64. The highest BCUT2D eigenvalue weighted by Gasteiger charge is 2.41. The number of nitrogens with one attached hydrogen (secondary N) is 2. The number of nitriles is 1. The van der Waals surface area contributed by atoms with Gasteiger partial charge in [0.1, 0.15) is 29.5 Å². The lowest BCUT2D eigenvalue weighted by Gasteiger charge is -2.25. The van der Waals surface area contributed by atoms with Crippen molar-refractivity contribution in [2.75, 3.05) is 46.6 Å². The summed E-state index contributed by atoms with van der Waals surface area (Å²) in [5.41, 5.74) is 5.22. The van der Waals surface area contributed by atoms with Gasteiger partial charge < -0.3 is 20.4 Å². The van der Waals surface area contributed by atoms with Crippen molar-refractivity contribution in [3.05, 3.63) is 107 Å². The van der Waals surface area contributed by atoms with Gasteiger partial charge in [0, 0.05) is 24.5 Å². The lowest BCUT2D eigenvalue weighted by atomic mass is 10.0. The largest absolute Gasteiger partial charge is 0.325 e. The molecule has 4 heterocycles. The minimum atomic E-state index is -0.232. The summed E-state index contributed by atoms with van der Waals surface area (Å²) in [5.74, 6) is -0.0130. The highest BCUT2D eigenvalue weighted by Crippen LogP contribution is 2.29. The number of carbonyl (C=O) groups excluding carboxylic acids is 4. The molecule has 2 N–H and O–H groups in total. The first kappa shape index (κ1) is 40.4. The highest BCUT2D eigenvalue weighted by atomic mass is 79.9. The van der Waals surface area contributed by atoms with Crippen molar-refractivity contribution in [1.82, 2.24) is 19.8 Å². The van der Waals surface area contributed by atoms with E-state index in [9.17, 15) is 19.2 Å². The summed E-state index contributed by atoms with van der Waals surface area (Å²) in [6.07, 6.45) is 3.18. The van der Waals surface area contributed by atoms with Crippen molar-refractivity contribution < 1.29 is 19.2 Å². The summed E-state index contributed by atoms with van der Waals surface area (Å²) in [6, 6.07) is 23.5. The first-order valence-corrected chi connectivity index (χ1v) is 18.9. The van der Waals surface area contributed by atoms with Crippen molar-refractivity contribution in [3.8, 4) is 6.07 Å². The first-order chi connectivity index (χ1) is 26.2. The lowest BCUT2D eigenvalue weighted by Crippen LogP contribution is -2.42. The van der Waals surface area contributed by atoms with Crippen molar-refractivity contribution in [1.29, 1.82) is 5.26 Å². The maximum absolute atomic E-state index is 13.0. The van der Waals surface area contributed by atoms with Gasteiger partial charge in [0.25, 0.3) is 0 Å². The second-order valence-electron chi connectivity index (χ2n) is 14.4. The molecule has 4 aromatic rings. The topological polar surface area (TPSA) is 155 Å². The molecule has 2 aliphatic rings. The number of anilines is 4. The molecule has 0 bridgehead atoms. The third kappa shape index (κ3) is 10.2. The van der Waals surface area contributed by atoms with E-state index in [2.05, 4.69) is 50.4 Å². The molecule has 6 rings (SSSR count). The molecule has 14 heteroatoms. The van der Waals surface area contributed by atoms with Gasteiger partial charge in [0.05, 0.1) is 35.9 Å². The molecular weight excluding hydrogens is 762 g/mol. The van der Waals surface area contributed by atoms with Crippen molar-refractivity contribution in [3.63, 3.8) is 0 Å². The minimum absolute atomic E-state index is 0.0180. The van der Waals surface area contributed by atoms with Gasteiger partial charge in [-0.15, -0.1) is 0 Å². The van der Waals surface area contributed by atoms with Gasteiger partial charge in [0.15, 0.2) is 0 Å². The van der Waals surface area contributed by atoms with Crippen LogP contribution in [0.2, 0.25) is 0 Å². The van der Waals surface area contributed by atoms with Crippen LogP contribution in [0.25, 0.3) is 0 Å². The number of halogens is 1. The molecule has 0 aliphatic carbocycles. The summed E-state index contributed by atoms with van der Waals surface area (Å²) in [4.78, 5) is 65.9. The average molecular weight is 809 g/mol. The third-order valence-electron chi connectivity index (χ3n) is 9.46. The van der Waals surface area contributed by atoms with E-state index in [0.29, 0.717) is 34.8 Å². The van der Waals surface area contributed by atoms with E-state index in [0.717, 1.165) is 22.5 Å². The first-order valence-electron chi connectivity index (χ1n) is 18.1. The Morgan fingerprint density at radius 2 is 1.20 bits per heavy atom. The summed E-state index contributed by atoms with van der Waals surface area (Å²) >= 11 is 3.31. The maximum atomic E-state index is 13.0. The van der Waals surface area contributed by atoms with Gasteiger partial charge in [-0.2, -0.15) is 5.26 Å². The van der Waals surface area contributed by atoms with Crippen LogP contribution >= 0.6 is 15.9 Å². The zero-order valence-corrected chi connectivity index (χ0v) is 33.4. The standard InChI is InChI=1S/C21H23N5O2.C20H23BrN4O2/c1-14(2)19-12-25(18-8-7-17(10-22)23-11-18)21(28)26(19)13-20(27)24-16-6-4-5-15(3)9-16;1-13(2)17-11-24(16-7-8-18(21)22-10-16)20(27)25(17)12-19(26)23-15-6-4-5-14(3)9-15/h4-9,11,14,19H,12-13H2,1-3H3,(H,24,27);4-10,13,17H,11-12H2,1-3H3,(H,23,26)/t19-;17-/m11/s1. The van der Waals surface area contributed by atoms with Gasteiger partial charge in [0.2, 0.25) is 11.8 Å². The number of aryl methyl sites for hydroxylation is 2. The maximum Gasteiger partial charge on any atom is 0.325 e. The zero-order valence-electron chi connectivity index (χ0n) is 31.9. The molecular formula is C41H46BrN9O4. The zero-order chi connectivity index (χ0) is 39.8. The molecule has 13 nitrogen and oxygen atoms in total. The molecule has 0 unspecified atom stereocenters. The van der Waals surface area contributed by atoms with E-state index in [1.807, 2.05) is 88.4 Å². The molecule has 2 saturated heterocycles. The number of urea groups is 2. The Bertz CT molecular complexity index is 2050. The van der Waals surface area contributed by atoms with Crippen LogP contribution in [0, 0.1) is 37.0 Å². The Kier molecular flexibility index (Phi) is 13.2. The van der Waals surface area contributed by atoms with Gasteiger partial charge in [-0.3, -0.25) is 19.4 Å². The van der Waals surface area contributed by atoms with Crippen LogP contribution < -0.4 is 20.4 Å². The number of hydrogen-bond acceptors (Lipinski definition) is 7. The van der Waals surface area contributed by atoms with Crippen LogP contribution in [0.1, 0.15) is 44.5 Å². The predicted molar refractivity (Wildman–Crippen MR) is 217 cm³/mol. The second-order valence-corrected chi connectivity index (χ2v) is 15.2. The molecule has 6 amide bonds. The number of rotatable bonds is 10. The van der Waals surface area contributed by atoms with E-state index < -0.39 is 0 Å². The Hall–Kier alpha value is -5.81. The quantitative estimate of drug-likeness (QED) is 0.160. The van der Waals surface area contributed by atoms with E-state index in [4.69, 9.17) is 5.26 Å². The van der Waals surface area contributed by atoms with E-state index in [1.54, 1.807) is 44.0 Å². The van der Waals surface area contributed by atoms with Crippen LogP contribution in [0.4, 0.5) is 32.3 Å². The van der Waals surface area contributed by atoms with Crippen molar-refractivity contribution in [2.45, 2.75) is 53.6 Å². The molecule has 2 fully saturated rings. The van der Waals surface area contributed by atoms with Gasteiger partial charge in [-0.05, 0) is 101 Å². The Morgan fingerprint density at radius 3 is 1.56 bits per heavy atom. The Morgan fingerprint density at radius 1 is 0.745 bits per heavy atom. The fourth-order valence-electron chi connectivity index (χ4n) is 6.56. The number of pyridine rings is 2. The van der Waals surface area contributed by atoms with Gasteiger partial charge in [-0.25, -0.2) is 19.6 Å². The number of amides is 6. The summed E-state index contributed by atoms with van der Waals surface area (Å²) in [5, 5.41) is 14.6. The van der Waals surface area contributed by atoms with Gasteiger partial charge in [-0.1, -0.05) is 52.0 Å². The van der Waals surface area contributed by atoms with E-state index in [1.165, 1.54) is 6.20 Å². The minimum Gasteiger partial charge on any atom is -0.325 e. The lowest BCUT2D eigenvalue weighted by molar-refractivity contribution is -0.117. The van der Waals surface area contributed by atoms with Crippen LogP contribution in [-0.2, 0) is 9.59 Å². The number of hydrogen-bond donors (Lipinski definition) is 2. The van der Waals surface area contributed by atoms with Crippen LogP contribution in [0.5, 0.6) is 0 Å². The summed E-state index contributed by atoms with van der Waals surface area (Å²) in [7, 11) is 0. The molecule has 0 spiro atoms. The number of benzene rings is 2. The third-order valence-corrected chi connectivity index (χ3v) is 9.93. The highest BCUT2D eigenvalue weighted by molar-refractivity contribution is 9.10. The molecule has 0 radical (unpaired) electrons.